The highest BCUT2D eigenvalue weighted by molar-refractivity contribution is 7.09. The SMILES string of the molecule is CC(C)c1nc(CNC(=O)COc2ccc(Oc3ccccc3)cc2)cs1. The van der Waals surface area contributed by atoms with Gasteiger partial charge in [-0.25, -0.2) is 4.98 Å². The Kier molecular flexibility index (Phi) is 6.44. The first-order valence-corrected chi connectivity index (χ1v) is 9.65. The Morgan fingerprint density at radius 1 is 1.04 bits per heavy atom. The first-order valence-electron chi connectivity index (χ1n) is 8.77. The standard InChI is InChI=1S/C21H22N2O3S/c1-15(2)21-23-16(14-27-21)12-22-20(24)13-25-17-8-10-19(11-9-17)26-18-6-4-3-5-7-18/h3-11,14-15H,12-13H2,1-2H3,(H,22,24). The van der Waals surface area contributed by atoms with Crippen LogP contribution in [0.5, 0.6) is 17.2 Å². The van der Waals surface area contributed by atoms with Crippen LogP contribution in [0.15, 0.2) is 60.0 Å². The number of ether oxygens (including phenoxy) is 2. The molecule has 1 aromatic heterocycles. The summed E-state index contributed by atoms with van der Waals surface area (Å²) in [7, 11) is 0. The molecule has 2 aromatic carbocycles. The van der Waals surface area contributed by atoms with Gasteiger partial charge in [0.05, 0.1) is 17.2 Å². The lowest BCUT2D eigenvalue weighted by atomic mass is 10.2. The van der Waals surface area contributed by atoms with Crippen molar-refractivity contribution in [1.29, 1.82) is 0 Å². The second kappa shape index (κ2) is 9.19. The highest BCUT2D eigenvalue weighted by Crippen LogP contribution is 2.23. The predicted octanol–water partition coefficient (Wildman–Crippen LogP) is 4.75. The van der Waals surface area contributed by atoms with Crippen molar-refractivity contribution in [3.63, 3.8) is 0 Å². The molecule has 0 unspecified atom stereocenters. The van der Waals surface area contributed by atoms with Gasteiger partial charge >= 0.3 is 0 Å². The lowest BCUT2D eigenvalue weighted by Crippen LogP contribution is -2.28. The number of carbonyl (C=O) groups is 1. The Hall–Kier alpha value is -2.86. The van der Waals surface area contributed by atoms with Crippen LogP contribution in [0.3, 0.4) is 0 Å². The van der Waals surface area contributed by atoms with Crippen molar-refractivity contribution < 1.29 is 14.3 Å². The predicted molar refractivity (Wildman–Crippen MR) is 107 cm³/mol. The number of carbonyl (C=O) groups excluding carboxylic acids is 1. The van der Waals surface area contributed by atoms with E-state index in [-0.39, 0.29) is 12.5 Å². The molecule has 3 rings (SSSR count). The van der Waals surface area contributed by atoms with E-state index in [1.54, 1.807) is 23.5 Å². The van der Waals surface area contributed by atoms with Crippen LogP contribution >= 0.6 is 11.3 Å². The van der Waals surface area contributed by atoms with Gasteiger partial charge in [-0.3, -0.25) is 4.79 Å². The van der Waals surface area contributed by atoms with Gasteiger partial charge in [-0.15, -0.1) is 11.3 Å². The molecule has 0 aliphatic heterocycles. The summed E-state index contributed by atoms with van der Waals surface area (Å²) in [4.78, 5) is 16.4. The average Bonchev–Trinajstić information content (AvgIpc) is 3.16. The van der Waals surface area contributed by atoms with Crippen molar-refractivity contribution in [2.45, 2.75) is 26.3 Å². The molecule has 0 saturated carbocycles. The number of benzene rings is 2. The van der Waals surface area contributed by atoms with E-state index in [1.165, 1.54) is 0 Å². The lowest BCUT2D eigenvalue weighted by molar-refractivity contribution is -0.123. The van der Waals surface area contributed by atoms with Crippen LogP contribution in [0.4, 0.5) is 0 Å². The van der Waals surface area contributed by atoms with Gasteiger partial charge in [-0.2, -0.15) is 0 Å². The molecule has 0 aliphatic rings. The molecule has 0 fully saturated rings. The normalized spacial score (nSPS) is 10.6. The minimum absolute atomic E-state index is 0.0416. The number of hydrogen-bond acceptors (Lipinski definition) is 5. The monoisotopic (exact) mass is 382 g/mol. The molecule has 1 N–H and O–H groups in total. The van der Waals surface area contributed by atoms with Gasteiger partial charge in [0.2, 0.25) is 0 Å². The number of amides is 1. The highest BCUT2D eigenvalue weighted by Gasteiger charge is 2.08. The van der Waals surface area contributed by atoms with Crippen LogP contribution in [0.2, 0.25) is 0 Å². The number of rotatable bonds is 8. The van der Waals surface area contributed by atoms with Crippen LogP contribution in [0, 0.1) is 0 Å². The van der Waals surface area contributed by atoms with E-state index in [0.717, 1.165) is 16.5 Å². The molecule has 0 atom stereocenters. The van der Waals surface area contributed by atoms with Crippen molar-refractivity contribution in [2.24, 2.45) is 0 Å². The zero-order valence-corrected chi connectivity index (χ0v) is 16.2. The van der Waals surface area contributed by atoms with Crippen LogP contribution in [-0.2, 0) is 11.3 Å². The molecular weight excluding hydrogens is 360 g/mol. The Balaban J connectivity index is 1.43. The van der Waals surface area contributed by atoms with Crippen LogP contribution < -0.4 is 14.8 Å². The smallest absolute Gasteiger partial charge is 0.258 e. The summed E-state index contributed by atoms with van der Waals surface area (Å²) in [5, 5.41) is 5.87. The van der Waals surface area contributed by atoms with E-state index >= 15 is 0 Å². The number of nitrogens with zero attached hydrogens (tertiary/aromatic N) is 1. The Morgan fingerprint density at radius 2 is 1.70 bits per heavy atom. The Labute approximate surface area is 163 Å². The van der Waals surface area contributed by atoms with Gasteiger partial charge in [0, 0.05) is 11.3 Å². The molecule has 0 spiro atoms. The van der Waals surface area contributed by atoms with Gasteiger partial charge in [0.1, 0.15) is 17.2 Å². The van der Waals surface area contributed by atoms with E-state index in [2.05, 4.69) is 24.1 Å². The average molecular weight is 382 g/mol. The summed E-state index contributed by atoms with van der Waals surface area (Å²) in [5.74, 6) is 2.31. The van der Waals surface area contributed by atoms with Gasteiger partial charge in [-0.1, -0.05) is 32.0 Å². The molecule has 140 valence electrons. The summed E-state index contributed by atoms with van der Waals surface area (Å²) in [6, 6.07) is 16.7. The second-order valence-corrected chi connectivity index (χ2v) is 7.17. The summed E-state index contributed by atoms with van der Waals surface area (Å²) >= 11 is 1.62. The number of thiazole rings is 1. The third kappa shape index (κ3) is 5.82. The fourth-order valence-corrected chi connectivity index (χ4v) is 3.12. The van der Waals surface area contributed by atoms with Gasteiger partial charge in [0.25, 0.3) is 5.91 Å². The number of hydrogen-bond donors (Lipinski definition) is 1. The first kappa shape index (κ1) is 18.9. The summed E-state index contributed by atoms with van der Waals surface area (Å²) in [6.45, 7) is 4.58. The Bertz CT molecular complexity index is 861. The Morgan fingerprint density at radius 3 is 2.37 bits per heavy atom. The van der Waals surface area contributed by atoms with Crippen molar-refractivity contribution in [2.75, 3.05) is 6.61 Å². The molecule has 5 nitrogen and oxygen atoms in total. The third-order valence-corrected chi connectivity index (χ3v) is 4.90. The number of para-hydroxylation sites is 1. The minimum Gasteiger partial charge on any atom is -0.484 e. The fourth-order valence-electron chi connectivity index (χ4n) is 2.29. The third-order valence-electron chi connectivity index (χ3n) is 3.70. The van der Waals surface area contributed by atoms with Crippen LogP contribution in [0.25, 0.3) is 0 Å². The second-order valence-electron chi connectivity index (χ2n) is 6.28. The molecule has 27 heavy (non-hydrogen) atoms. The lowest BCUT2D eigenvalue weighted by Gasteiger charge is -2.08. The first-order chi connectivity index (χ1) is 13.1. The zero-order chi connectivity index (χ0) is 19.1. The fraction of sp³-hybridized carbons (Fsp3) is 0.238. The summed E-state index contributed by atoms with van der Waals surface area (Å²) in [5.41, 5.74) is 0.875. The molecule has 3 aromatic rings. The molecular formula is C21H22N2O3S. The molecule has 6 heteroatoms. The highest BCUT2D eigenvalue weighted by atomic mass is 32.1. The van der Waals surface area contributed by atoms with Crippen molar-refractivity contribution >= 4 is 17.2 Å². The van der Waals surface area contributed by atoms with E-state index in [0.29, 0.717) is 24.0 Å². The van der Waals surface area contributed by atoms with Crippen molar-refractivity contribution in [1.82, 2.24) is 10.3 Å². The number of nitrogens with one attached hydrogen (secondary N) is 1. The largest absolute Gasteiger partial charge is 0.484 e. The van der Waals surface area contributed by atoms with Crippen molar-refractivity contribution in [3.05, 3.63) is 70.7 Å². The molecule has 1 amide bonds. The van der Waals surface area contributed by atoms with Gasteiger partial charge in [0.15, 0.2) is 6.61 Å². The van der Waals surface area contributed by atoms with E-state index in [9.17, 15) is 4.79 Å². The van der Waals surface area contributed by atoms with Crippen molar-refractivity contribution in [3.8, 4) is 17.2 Å². The topological polar surface area (TPSA) is 60.5 Å². The molecule has 0 aliphatic carbocycles. The van der Waals surface area contributed by atoms with Gasteiger partial charge < -0.3 is 14.8 Å². The van der Waals surface area contributed by atoms with E-state index in [1.807, 2.05) is 47.8 Å². The minimum atomic E-state index is -0.182. The van der Waals surface area contributed by atoms with E-state index < -0.39 is 0 Å². The zero-order valence-electron chi connectivity index (χ0n) is 15.3. The molecule has 1 heterocycles. The number of aromatic nitrogens is 1. The van der Waals surface area contributed by atoms with Crippen LogP contribution in [0.1, 0.15) is 30.5 Å². The quantitative estimate of drug-likeness (QED) is 0.610. The van der Waals surface area contributed by atoms with Gasteiger partial charge in [-0.05, 0) is 36.4 Å². The molecule has 0 saturated heterocycles. The van der Waals surface area contributed by atoms with Crippen LogP contribution in [-0.4, -0.2) is 17.5 Å². The molecule has 0 bridgehead atoms. The summed E-state index contributed by atoms with van der Waals surface area (Å²) in [6.07, 6.45) is 0. The summed E-state index contributed by atoms with van der Waals surface area (Å²) < 4.78 is 11.2. The maximum absolute atomic E-state index is 12.0. The maximum atomic E-state index is 12.0. The maximum Gasteiger partial charge on any atom is 0.258 e. The molecule has 0 radical (unpaired) electrons. The van der Waals surface area contributed by atoms with E-state index in [4.69, 9.17) is 9.47 Å².